The van der Waals surface area contributed by atoms with E-state index in [0.717, 1.165) is 12.4 Å². The van der Waals surface area contributed by atoms with Crippen molar-refractivity contribution >= 4 is 20.2 Å². The fraction of sp³-hybridized carbons (Fsp3) is 0.357. The average Bonchev–Trinajstić information content (AvgIpc) is 3.06. The molecule has 22 heavy (non-hydrogen) atoms. The molecule has 0 unspecified atom stereocenters. The molecule has 120 valence electrons. The summed E-state index contributed by atoms with van der Waals surface area (Å²) < 4.78 is 59.2. The van der Waals surface area contributed by atoms with E-state index in [4.69, 9.17) is 3.07 Å². The third kappa shape index (κ3) is 2.15. The van der Waals surface area contributed by atoms with Crippen molar-refractivity contribution < 1.29 is 20.6 Å². The van der Waals surface area contributed by atoms with Gasteiger partial charge >= 0.3 is 132 Å². The fourth-order valence-corrected chi connectivity index (χ4v) is 7.53. The molecular weight excluding hydrogens is 415 g/mol. The van der Waals surface area contributed by atoms with E-state index >= 15 is 0 Å². The van der Waals surface area contributed by atoms with Gasteiger partial charge in [-0.3, -0.25) is 0 Å². The second kappa shape index (κ2) is 4.92. The van der Waals surface area contributed by atoms with E-state index in [-0.39, 0.29) is 8.25 Å². The quantitative estimate of drug-likeness (QED) is 0.407. The van der Waals surface area contributed by atoms with Gasteiger partial charge in [-0.2, -0.15) is 0 Å². The van der Waals surface area contributed by atoms with Crippen LogP contribution in [0.4, 0.5) is 17.6 Å². The Hall–Kier alpha value is -1.16. The predicted molar refractivity (Wildman–Crippen MR) is 80.6 cm³/mol. The Labute approximate surface area is 132 Å². The first-order chi connectivity index (χ1) is 10.2. The van der Waals surface area contributed by atoms with Crippen molar-refractivity contribution in [3.05, 3.63) is 51.9 Å². The second-order valence-electron chi connectivity index (χ2n) is 5.31. The van der Waals surface area contributed by atoms with E-state index < -0.39 is 35.8 Å². The van der Waals surface area contributed by atoms with Crippen LogP contribution in [0.1, 0.15) is 19.4 Å². The van der Waals surface area contributed by atoms with Crippen LogP contribution in [0.5, 0.6) is 0 Å². The minimum absolute atomic E-state index is 0.00176. The van der Waals surface area contributed by atoms with Crippen molar-refractivity contribution in [1.29, 1.82) is 0 Å². The maximum absolute atomic E-state index is 14.6. The maximum atomic E-state index is 14.6. The van der Waals surface area contributed by atoms with Crippen LogP contribution in [0.25, 0.3) is 0 Å². The molecule has 1 aliphatic rings. The Morgan fingerprint density at radius 2 is 1.82 bits per heavy atom. The molecule has 0 bridgehead atoms. The number of nitrogens with zero attached hydrogens (tertiary/aromatic N) is 2. The van der Waals surface area contributed by atoms with Crippen LogP contribution in [0.15, 0.2) is 42.7 Å². The molecule has 0 aliphatic carbocycles. The summed E-state index contributed by atoms with van der Waals surface area (Å²) in [5, 5.41) is 3.27. The molecule has 0 amide bonds. The summed E-state index contributed by atoms with van der Waals surface area (Å²) in [6.45, 7) is 3.23. The molecule has 8 heteroatoms. The fourth-order valence-electron chi connectivity index (χ4n) is 2.22. The minimum atomic E-state index is -4.44. The van der Waals surface area contributed by atoms with Gasteiger partial charge in [0.2, 0.25) is 0 Å². The zero-order valence-electron chi connectivity index (χ0n) is 11.7. The van der Waals surface area contributed by atoms with Gasteiger partial charge in [0.25, 0.3) is 0 Å². The molecule has 0 N–H and O–H groups in total. The van der Waals surface area contributed by atoms with Crippen LogP contribution < -0.4 is 0 Å². The topological polar surface area (TPSA) is 27.1 Å². The van der Waals surface area contributed by atoms with Crippen LogP contribution in [-0.4, -0.2) is 13.7 Å². The molecule has 0 saturated heterocycles. The monoisotopic (exact) mass is 428 g/mol. The molecule has 3 rings (SSSR count). The standard InChI is InChI=1S/C14H13F4IN2O/c1-12(2)10-6-3-4-7-11(10)19(22-12)13(15,16)14(17,18)21-9-5-8-20-21/h3-9H,1-2H3. The Kier molecular flexibility index (Phi) is 3.52. The molecule has 3 nitrogen and oxygen atoms in total. The van der Waals surface area contributed by atoms with Crippen molar-refractivity contribution in [2.45, 2.75) is 29.4 Å². The number of benzene rings is 1. The van der Waals surface area contributed by atoms with Crippen LogP contribution in [0, 0.1) is 3.57 Å². The van der Waals surface area contributed by atoms with Gasteiger partial charge in [-0.1, -0.05) is 0 Å². The van der Waals surface area contributed by atoms with Gasteiger partial charge in [-0.25, -0.2) is 0 Å². The number of alkyl halides is 5. The molecule has 2 aromatic rings. The summed E-state index contributed by atoms with van der Waals surface area (Å²) in [6, 6.07) is 3.11. The van der Waals surface area contributed by atoms with Crippen molar-refractivity contribution in [3.8, 4) is 0 Å². The molecule has 0 radical (unpaired) electrons. The van der Waals surface area contributed by atoms with Crippen LogP contribution >= 0.6 is 20.2 Å². The first-order valence-electron chi connectivity index (χ1n) is 6.43. The molecular formula is C14H13F4IN2O. The molecule has 1 aromatic carbocycles. The van der Waals surface area contributed by atoms with Gasteiger partial charge in [0.15, 0.2) is 0 Å². The zero-order valence-corrected chi connectivity index (χ0v) is 13.9. The van der Waals surface area contributed by atoms with E-state index in [0.29, 0.717) is 5.56 Å². The number of hydrogen-bond acceptors (Lipinski definition) is 2. The van der Waals surface area contributed by atoms with E-state index in [9.17, 15) is 17.6 Å². The number of fused-ring (bicyclic) bond motifs is 1. The Morgan fingerprint density at radius 1 is 1.14 bits per heavy atom. The van der Waals surface area contributed by atoms with Crippen molar-refractivity contribution in [1.82, 2.24) is 9.78 Å². The van der Waals surface area contributed by atoms with Gasteiger partial charge < -0.3 is 0 Å². The SMILES string of the molecule is CC1(C)OI(C(F)(F)C(F)(F)n2cccn2)c2ccccc21. The van der Waals surface area contributed by atoms with Gasteiger partial charge in [0.1, 0.15) is 0 Å². The molecule has 1 aromatic heterocycles. The van der Waals surface area contributed by atoms with Gasteiger partial charge in [0.05, 0.1) is 0 Å². The summed E-state index contributed by atoms with van der Waals surface area (Å²) >= 11 is -3.94. The first kappa shape index (κ1) is 15.7. The van der Waals surface area contributed by atoms with Crippen molar-refractivity contribution in [2.24, 2.45) is 0 Å². The molecule has 1 aliphatic heterocycles. The first-order valence-corrected chi connectivity index (χ1v) is 9.46. The summed E-state index contributed by atoms with van der Waals surface area (Å²) in [5.74, 6) is 0. The van der Waals surface area contributed by atoms with Crippen molar-refractivity contribution in [2.75, 3.05) is 0 Å². The summed E-state index contributed by atoms with van der Waals surface area (Å²) in [6.07, 6.45) is 1.87. The zero-order chi connectivity index (χ0) is 16.2. The second-order valence-corrected chi connectivity index (χ2v) is 9.68. The van der Waals surface area contributed by atoms with Crippen LogP contribution in [0.2, 0.25) is 0 Å². The number of halogens is 5. The Morgan fingerprint density at radius 3 is 2.45 bits per heavy atom. The number of aromatic nitrogens is 2. The third-order valence-corrected chi connectivity index (χ3v) is 8.74. The number of hydrogen-bond donors (Lipinski definition) is 0. The molecule has 2 heterocycles. The summed E-state index contributed by atoms with van der Waals surface area (Å²) in [4.78, 5) is 0. The van der Waals surface area contributed by atoms with E-state index in [1.165, 1.54) is 12.1 Å². The average molecular weight is 428 g/mol. The molecule has 0 saturated carbocycles. The third-order valence-electron chi connectivity index (χ3n) is 3.33. The van der Waals surface area contributed by atoms with E-state index in [1.807, 2.05) is 0 Å². The van der Waals surface area contributed by atoms with Crippen molar-refractivity contribution in [3.63, 3.8) is 0 Å². The normalized spacial score (nSPS) is 19.3. The summed E-state index contributed by atoms with van der Waals surface area (Å²) in [5.41, 5.74) is -0.443. The molecule has 0 fully saturated rings. The predicted octanol–water partition coefficient (Wildman–Crippen LogP) is 4.58. The Balaban J connectivity index is 2.08. The van der Waals surface area contributed by atoms with Gasteiger partial charge in [-0.05, 0) is 0 Å². The van der Waals surface area contributed by atoms with Crippen LogP contribution in [-0.2, 0) is 14.7 Å². The van der Waals surface area contributed by atoms with E-state index in [1.54, 1.807) is 32.0 Å². The molecule has 0 spiro atoms. The van der Waals surface area contributed by atoms with E-state index in [2.05, 4.69) is 5.10 Å². The Bertz CT molecular complexity index is 688. The van der Waals surface area contributed by atoms with Gasteiger partial charge in [0, 0.05) is 0 Å². The number of rotatable bonds is 3. The van der Waals surface area contributed by atoms with Crippen LogP contribution in [0.3, 0.4) is 0 Å². The van der Waals surface area contributed by atoms with Gasteiger partial charge in [-0.15, -0.1) is 0 Å². The molecule has 0 atom stereocenters. The summed E-state index contributed by atoms with van der Waals surface area (Å²) in [7, 11) is 0.